The lowest BCUT2D eigenvalue weighted by Gasteiger charge is -2.30. The topological polar surface area (TPSA) is 45.2 Å². The highest BCUT2D eigenvalue weighted by molar-refractivity contribution is 6.35. The summed E-state index contributed by atoms with van der Waals surface area (Å²) >= 11 is 18.0. The minimum absolute atomic E-state index is 0.0914. The molecule has 1 aliphatic rings. The van der Waals surface area contributed by atoms with Crippen LogP contribution in [-0.4, -0.2) is 24.0 Å². The molecule has 1 aromatic heterocycles. The summed E-state index contributed by atoms with van der Waals surface area (Å²) in [5.41, 5.74) is 1.69. The molecule has 1 aromatic carbocycles. The Morgan fingerprint density at radius 1 is 1.04 bits per heavy atom. The first-order valence-corrected chi connectivity index (χ1v) is 8.86. The van der Waals surface area contributed by atoms with E-state index in [1.54, 1.807) is 18.2 Å². The van der Waals surface area contributed by atoms with E-state index in [-0.39, 0.29) is 15.9 Å². The molecule has 7 heteroatoms. The summed E-state index contributed by atoms with van der Waals surface area (Å²) in [5.74, 6) is -0.414. The predicted octanol–water partition coefficient (Wildman–Crippen LogP) is 5.28. The summed E-state index contributed by atoms with van der Waals surface area (Å²) in [5, 5.41) is 3.88. The van der Waals surface area contributed by atoms with Gasteiger partial charge in [-0.2, -0.15) is 0 Å². The van der Waals surface area contributed by atoms with Crippen molar-refractivity contribution in [2.45, 2.75) is 19.3 Å². The number of benzene rings is 1. The van der Waals surface area contributed by atoms with Crippen molar-refractivity contribution in [2.24, 2.45) is 0 Å². The molecule has 0 bridgehead atoms. The average Bonchev–Trinajstić information content (AvgIpc) is 2.58. The van der Waals surface area contributed by atoms with E-state index in [0.717, 1.165) is 31.6 Å². The second kappa shape index (κ2) is 7.60. The van der Waals surface area contributed by atoms with Crippen LogP contribution >= 0.6 is 34.8 Å². The lowest BCUT2D eigenvalue weighted by molar-refractivity contribution is 0.102. The Bertz CT molecular complexity index is 761. The molecule has 1 saturated heterocycles. The van der Waals surface area contributed by atoms with Crippen molar-refractivity contribution in [3.63, 3.8) is 0 Å². The molecule has 0 saturated carbocycles. The Labute approximate surface area is 155 Å². The van der Waals surface area contributed by atoms with E-state index in [2.05, 4.69) is 15.2 Å². The molecular formula is C17H16Cl3N3O. The first-order valence-electron chi connectivity index (χ1n) is 7.72. The summed E-state index contributed by atoms with van der Waals surface area (Å²) in [4.78, 5) is 18.8. The number of piperidine rings is 1. The Kier molecular flexibility index (Phi) is 5.49. The number of rotatable bonds is 3. The predicted molar refractivity (Wildman–Crippen MR) is 99.7 cm³/mol. The van der Waals surface area contributed by atoms with Gasteiger partial charge in [-0.25, -0.2) is 4.98 Å². The molecule has 0 aliphatic carbocycles. The molecule has 2 heterocycles. The number of anilines is 2. The molecule has 3 rings (SSSR count). The van der Waals surface area contributed by atoms with Gasteiger partial charge in [-0.3, -0.25) is 4.79 Å². The van der Waals surface area contributed by atoms with Crippen LogP contribution in [-0.2, 0) is 0 Å². The summed E-state index contributed by atoms with van der Waals surface area (Å²) < 4.78 is 0. The Balaban J connectivity index is 1.89. The molecule has 0 atom stereocenters. The molecule has 1 fully saturated rings. The number of halogens is 3. The van der Waals surface area contributed by atoms with E-state index in [4.69, 9.17) is 34.8 Å². The van der Waals surface area contributed by atoms with E-state index >= 15 is 0 Å². The zero-order chi connectivity index (χ0) is 17.1. The first kappa shape index (κ1) is 17.3. The van der Waals surface area contributed by atoms with Gasteiger partial charge in [0, 0.05) is 18.1 Å². The minimum atomic E-state index is -0.414. The maximum absolute atomic E-state index is 12.6. The molecule has 0 spiro atoms. The van der Waals surface area contributed by atoms with Gasteiger partial charge in [0.15, 0.2) is 0 Å². The van der Waals surface area contributed by atoms with Crippen molar-refractivity contribution < 1.29 is 4.79 Å². The number of aromatic nitrogens is 1. The van der Waals surface area contributed by atoms with E-state index in [0.29, 0.717) is 10.7 Å². The number of carbonyl (C=O) groups excluding carboxylic acids is 1. The van der Waals surface area contributed by atoms with Crippen LogP contribution in [0.25, 0.3) is 0 Å². The molecule has 4 nitrogen and oxygen atoms in total. The van der Waals surface area contributed by atoms with Crippen LogP contribution in [0.3, 0.4) is 0 Å². The summed E-state index contributed by atoms with van der Waals surface area (Å²) in [6.45, 7) is 1.92. The van der Waals surface area contributed by atoms with Gasteiger partial charge in [-0.15, -0.1) is 0 Å². The fraction of sp³-hybridized carbons (Fsp3) is 0.294. The Morgan fingerprint density at radius 3 is 2.54 bits per heavy atom. The fourth-order valence-electron chi connectivity index (χ4n) is 2.78. The molecule has 0 unspecified atom stereocenters. The van der Waals surface area contributed by atoms with E-state index in [9.17, 15) is 4.79 Å². The minimum Gasteiger partial charge on any atom is -0.370 e. The number of amides is 1. The molecule has 2 aromatic rings. The van der Waals surface area contributed by atoms with Crippen molar-refractivity contribution in [3.05, 3.63) is 51.2 Å². The average molecular weight is 385 g/mol. The Morgan fingerprint density at radius 2 is 1.79 bits per heavy atom. The summed E-state index contributed by atoms with van der Waals surface area (Å²) in [7, 11) is 0. The molecule has 1 amide bonds. The monoisotopic (exact) mass is 383 g/mol. The molecule has 1 N–H and O–H groups in total. The van der Waals surface area contributed by atoms with Crippen molar-refractivity contribution in [3.8, 4) is 0 Å². The van der Waals surface area contributed by atoms with Crippen molar-refractivity contribution in [1.82, 2.24) is 4.98 Å². The first-order chi connectivity index (χ1) is 11.5. The molecule has 24 heavy (non-hydrogen) atoms. The molecular weight excluding hydrogens is 369 g/mol. The normalized spacial score (nSPS) is 14.5. The highest BCUT2D eigenvalue weighted by Crippen LogP contribution is 2.32. The maximum atomic E-state index is 12.6. The van der Waals surface area contributed by atoms with Crippen LogP contribution in [0.2, 0.25) is 15.2 Å². The SMILES string of the molecule is O=C(Nc1cc(Cl)ccc1N1CCCCC1)c1nc(Cl)ccc1Cl. The van der Waals surface area contributed by atoms with Crippen molar-refractivity contribution >= 4 is 52.1 Å². The third kappa shape index (κ3) is 3.94. The second-order valence-corrected chi connectivity index (χ2v) is 6.86. The lowest BCUT2D eigenvalue weighted by atomic mass is 10.1. The van der Waals surface area contributed by atoms with Gasteiger partial charge >= 0.3 is 0 Å². The quantitative estimate of drug-likeness (QED) is 0.732. The number of hydrogen-bond donors (Lipinski definition) is 1. The van der Waals surface area contributed by atoms with Gasteiger partial charge < -0.3 is 10.2 Å². The van der Waals surface area contributed by atoms with Crippen molar-refractivity contribution in [2.75, 3.05) is 23.3 Å². The van der Waals surface area contributed by atoms with E-state index in [1.165, 1.54) is 6.42 Å². The molecule has 1 aliphatic heterocycles. The zero-order valence-electron chi connectivity index (χ0n) is 12.9. The standard InChI is InChI=1S/C17H16Cl3N3O/c18-11-4-6-14(23-8-2-1-3-9-23)13(10-11)21-17(24)16-12(19)5-7-15(20)22-16/h4-7,10H,1-3,8-9H2,(H,21,24). The van der Waals surface area contributed by atoms with Gasteiger partial charge in [-0.1, -0.05) is 34.8 Å². The van der Waals surface area contributed by atoms with Crippen LogP contribution in [0, 0.1) is 0 Å². The van der Waals surface area contributed by atoms with Crippen LogP contribution in [0.15, 0.2) is 30.3 Å². The number of nitrogens with zero attached hydrogens (tertiary/aromatic N) is 2. The summed E-state index contributed by atoms with van der Waals surface area (Å²) in [6.07, 6.45) is 3.50. The lowest BCUT2D eigenvalue weighted by Crippen LogP contribution is -2.30. The van der Waals surface area contributed by atoms with Gasteiger partial charge in [0.1, 0.15) is 10.8 Å². The number of pyridine rings is 1. The van der Waals surface area contributed by atoms with Gasteiger partial charge in [-0.05, 0) is 49.6 Å². The number of nitrogens with one attached hydrogen (secondary N) is 1. The highest BCUT2D eigenvalue weighted by Gasteiger charge is 2.19. The maximum Gasteiger partial charge on any atom is 0.275 e. The van der Waals surface area contributed by atoms with E-state index in [1.807, 2.05) is 12.1 Å². The fourth-order valence-corrected chi connectivity index (χ4v) is 3.29. The smallest absolute Gasteiger partial charge is 0.275 e. The largest absolute Gasteiger partial charge is 0.370 e. The van der Waals surface area contributed by atoms with Crippen LogP contribution in [0.1, 0.15) is 29.8 Å². The highest BCUT2D eigenvalue weighted by atomic mass is 35.5. The van der Waals surface area contributed by atoms with Crippen LogP contribution in [0.4, 0.5) is 11.4 Å². The zero-order valence-corrected chi connectivity index (χ0v) is 15.1. The third-order valence-electron chi connectivity index (χ3n) is 3.93. The van der Waals surface area contributed by atoms with Crippen molar-refractivity contribution in [1.29, 1.82) is 0 Å². The van der Waals surface area contributed by atoms with E-state index < -0.39 is 5.91 Å². The third-order valence-corrected chi connectivity index (χ3v) is 4.68. The molecule has 126 valence electrons. The van der Waals surface area contributed by atoms with Gasteiger partial charge in [0.25, 0.3) is 5.91 Å². The molecule has 0 radical (unpaired) electrons. The number of hydrogen-bond acceptors (Lipinski definition) is 3. The Hall–Kier alpha value is -1.49. The van der Waals surface area contributed by atoms with Crippen LogP contribution in [0.5, 0.6) is 0 Å². The second-order valence-electron chi connectivity index (χ2n) is 5.63. The van der Waals surface area contributed by atoms with Gasteiger partial charge in [0.2, 0.25) is 0 Å². The van der Waals surface area contributed by atoms with Gasteiger partial charge in [0.05, 0.1) is 16.4 Å². The summed E-state index contributed by atoms with van der Waals surface area (Å²) in [6, 6.07) is 8.58. The number of carbonyl (C=O) groups is 1. The van der Waals surface area contributed by atoms with Crippen LogP contribution < -0.4 is 10.2 Å².